The Labute approximate surface area is 170 Å². The van der Waals surface area contributed by atoms with Crippen molar-refractivity contribution in [2.75, 3.05) is 4.90 Å². The Morgan fingerprint density at radius 3 is 2.30 bits per heavy atom. The summed E-state index contributed by atoms with van der Waals surface area (Å²) >= 11 is 0. The topological polar surface area (TPSA) is 79.7 Å². The predicted molar refractivity (Wildman–Crippen MR) is 102 cm³/mol. The molecule has 2 aromatic rings. The van der Waals surface area contributed by atoms with Crippen molar-refractivity contribution < 1.29 is 32.6 Å². The Kier molecular flexibility index (Phi) is 5.82. The fourth-order valence-electron chi connectivity index (χ4n) is 3.31. The van der Waals surface area contributed by atoms with Crippen LogP contribution < -0.4 is 9.64 Å². The number of carbonyl (C=O) groups excluding carboxylic acids is 2. The minimum atomic E-state index is -4.85. The largest absolute Gasteiger partial charge is 0.573 e. The fraction of sp³-hybridized carbons (Fsp3) is 0.286. The number of aromatic nitrogens is 1. The van der Waals surface area contributed by atoms with Crippen molar-refractivity contribution in [2.45, 2.75) is 32.7 Å². The number of Topliss-reactive ketones (excluding diaryl/α,β-unsaturated/α-hetero) is 1. The van der Waals surface area contributed by atoms with Gasteiger partial charge in [0.2, 0.25) is 0 Å². The molecule has 158 valence electrons. The molecule has 0 bridgehead atoms. The summed E-state index contributed by atoms with van der Waals surface area (Å²) in [6.45, 7) is 3.68. The number of pyridine rings is 1. The molecule has 1 unspecified atom stereocenters. The molecule has 1 aliphatic rings. The molecule has 6 nitrogen and oxygen atoms in total. The first-order valence-corrected chi connectivity index (χ1v) is 9.14. The van der Waals surface area contributed by atoms with Gasteiger partial charge in [-0.3, -0.25) is 19.5 Å². The van der Waals surface area contributed by atoms with Crippen molar-refractivity contribution in [3.8, 4) is 5.75 Å². The van der Waals surface area contributed by atoms with Crippen molar-refractivity contribution >= 4 is 17.4 Å². The minimum absolute atomic E-state index is 0.00107. The summed E-state index contributed by atoms with van der Waals surface area (Å²) in [6.07, 6.45) is -1.75. The molecule has 1 aromatic heterocycles. The molecule has 30 heavy (non-hydrogen) atoms. The maximum atomic E-state index is 12.8. The Morgan fingerprint density at radius 2 is 1.77 bits per heavy atom. The van der Waals surface area contributed by atoms with E-state index in [0.717, 1.165) is 12.1 Å². The van der Waals surface area contributed by atoms with Gasteiger partial charge in [0.05, 0.1) is 11.6 Å². The first-order valence-electron chi connectivity index (χ1n) is 9.14. The van der Waals surface area contributed by atoms with Crippen LogP contribution in [0.5, 0.6) is 5.75 Å². The molecule has 0 radical (unpaired) electrons. The highest BCUT2D eigenvalue weighted by Crippen LogP contribution is 2.42. The van der Waals surface area contributed by atoms with Gasteiger partial charge in [0.1, 0.15) is 5.75 Å². The lowest BCUT2D eigenvalue weighted by Gasteiger charge is -2.27. The summed E-state index contributed by atoms with van der Waals surface area (Å²) in [4.78, 5) is 30.8. The zero-order valence-corrected chi connectivity index (χ0v) is 16.2. The highest BCUT2D eigenvalue weighted by atomic mass is 19.4. The molecule has 1 N–H and O–H groups in total. The van der Waals surface area contributed by atoms with E-state index in [0.29, 0.717) is 5.56 Å². The number of carbonyl (C=O) groups is 2. The van der Waals surface area contributed by atoms with Crippen molar-refractivity contribution in [1.82, 2.24) is 4.98 Å². The van der Waals surface area contributed by atoms with Gasteiger partial charge in [-0.25, -0.2) is 0 Å². The van der Waals surface area contributed by atoms with Gasteiger partial charge in [-0.2, -0.15) is 0 Å². The molecule has 1 aromatic carbocycles. The number of alkyl halides is 3. The van der Waals surface area contributed by atoms with Crippen LogP contribution in [-0.2, 0) is 9.59 Å². The standard InChI is InChI=1S/C21H19F3N2O4/c1-12(2)11-16(27)17-18(13-7-9-25-10-8-13)26(20(29)19(17)28)14-3-5-15(6-4-14)30-21(22,23)24/h3-10,12,18,28H,11H2,1-2H3. The first kappa shape index (κ1) is 21.4. The van der Waals surface area contributed by atoms with Crippen molar-refractivity contribution in [3.63, 3.8) is 0 Å². The van der Waals surface area contributed by atoms with Crippen molar-refractivity contribution in [1.29, 1.82) is 0 Å². The van der Waals surface area contributed by atoms with Crippen LogP contribution in [0.25, 0.3) is 0 Å². The molecule has 9 heteroatoms. The van der Waals surface area contributed by atoms with E-state index in [4.69, 9.17) is 0 Å². The normalized spacial score (nSPS) is 17.1. The Hall–Kier alpha value is -3.36. The molecule has 2 heterocycles. The number of hydrogen-bond donors (Lipinski definition) is 1. The van der Waals surface area contributed by atoms with Gasteiger partial charge in [0.15, 0.2) is 11.5 Å². The monoisotopic (exact) mass is 420 g/mol. The Morgan fingerprint density at radius 1 is 1.17 bits per heavy atom. The van der Waals surface area contributed by atoms with E-state index in [2.05, 4.69) is 9.72 Å². The van der Waals surface area contributed by atoms with E-state index in [1.807, 2.05) is 13.8 Å². The zero-order chi connectivity index (χ0) is 22.1. The molecule has 0 saturated heterocycles. The molecule has 1 aliphatic heterocycles. The van der Waals surface area contributed by atoms with E-state index in [1.165, 1.54) is 29.4 Å². The molecular weight excluding hydrogens is 401 g/mol. The predicted octanol–water partition coefficient (Wildman–Crippen LogP) is 4.50. The van der Waals surface area contributed by atoms with E-state index in [1.54, 1.807) is 12.1 Å². The average Bonchev–Trinajstić information content (AvgIpc) is 2.93. The minimum Gasteiger partial charge on any atom is -0.503 e. The number of ether oxygens (including phenoxy) is 1. The summed E-state index contributed by atoms with van der Waals surface area (Å²) < 4.78 is 41.1. The second kappa shape index (κ2) is 8.17. The van der Waals surface area contributed by atoms with Gasteiger partial charge in [0.25, 0.3) is 5.91 Å². The third-order valence-electron chi connectivity index (χ3n) is 4.47. The Bertz CT molecular complexity index is 970. The third kappa shape index (κ3) is 4.45. The van der Waals surface area contributed by atoms with Crippen LogP contribution >= 0.6 is 0 Å². The lowest BCUT2D eigenvalue weighted by atomic mass is 9.92. The second-order valence-electron chi connectivity index (χ2n) is 7.18. The quantitative estimate of drug-likeness (QED) is 0.745. The molecule has 0 saturated carbocycles. The fourth-order valence-corrected chi connectivity index (χ4v) is 3.31. The number of halogens is 3. The van der Waals surface area contributed by atoms with Crippen molar-refractivity contribution in [2.24, 2.45) is 5.92 Å². The first-order chi connectivity index (χ1) is 14.1. The van der Waals surface area contributed by atoms with Gasteiger partial charge >= 0.3 is 6.36 Å². The maximum Gasteiger partial charge on any atom is 0.573 e. The highest BCUT2D eigenvalue weighted by molar-refractivity contribution is 6.16. The number of ketones is 1. The lowest BCUT2D eigenvalue weighted by molar-refractivity contribution is -0.274. The summed E-state index contributed by atoms with van der Waals surface area (Å²) in [7, 11) is 0. The van der Waals surface area contributed by atoms with Crippen LogP contribution in [0.15, 0.2) is 60.1 Å². The van der Waals surface area contributed by atoms with Crippen LogP contribution in [0.4, 0.5) is 18.9 Å². The van der Waals surface area contributed by atoms with Crippen LogP contribution in [0, 0.1) is 5.92 Å². The Balaban J connectivity index is 2.03. The van der Waals surface area contributed by atoms with Gasteiger partial charge in [-0.05, 0) is 47.9 Å². The van der Waals surface area contributed by atoms with E-state index in [9.17, 15) is 27.9 Å². The highest BCUT2D eigenvalue weighted by Gasteiger charge is 2.44. The number of benzene rings is 1. The average molecular weight is 420 g/mol. The molecule has 1 atom stereocenters. The van der Waals surface area contributed by atoms with Gasteiger partial charge in [-0.15, -0.1) is 13.2 Å². The number of aliphatic hydroxyl groups excluding tert-OH is 1. The number of rotatable bonds is 6. The van der Waals surface area contributed by atoms with Gasteiger partial charge in [-0.1, -0.05) is 13.8 Å². The number of anilines is 1. The molecule has 0 aliphatic carbocycles. The molecule has 0 fully saturated rings. The smallest absolute Gasteiger partial charge is 0.503 e. The third-order valence-corrected chi connectivity index (χ3v) is 4.47. The summed E-state index contributed by atoms with van der Waals surface area (Å²) in [6, 6.07) is 6.92. The number of nitrogens with zero attached hydrogens (tertiary/aromatic N) is 2. The van der Waals surface area contributed by atoms with E-state index < -0.39 is 29.8 Å². The molecule has 3 rings (SSSR count). The number of aliphatic hydroxyl groups is 1. The molecular formula is C21H19F3N2O4. The van der Waals surface area contributed by atoms with Gasteiger partial charge < -0.3 is 9.84 Å². The number of amides is 1. The van der Waals surface area contributed by atoms with Crippen LogP contribution in [0.1, 0.15) is 31.9 Å². The summed E-state index contributed by atoms with van der Waals surface area (Å²) in [5.41, 5.74) is 0.691. The van der Waals surface area contributed by atoms with Crippen molar-refractivity contribution in [3.05, 3.63) is 65.7 Å². The lowest BCUT2D eigenvalue weighted by Crippen LogP contribution is -2.31. The molecule has 0 spiro atoms. The van der Waals surface area contributed by atoms with Crippen LogP contribution in [-0.4, -0.2) is 28.1 Å². The SMILES string of the molecule is CC(C)CC(=O)C1=C(O)C(=O)N(c2ccc(OC(F)(F)F)cc2)C1c1ccncc1. The van der Waals surface area contributed by atoms with E-state index >= 15 is 0 Å². The van der Waals surface area contributed by atoms with Crippen LogP contribution in [0.2, 0.25) is 0 Å². The summed E-state index contributed by atoms with van der Waals surface area (Å²) in [5, 5.41) is 10.5. The van der Waals surface area contributed by atoms with Crippen LogP contribution in [0.3, 0.4) is 0 Å². The maximum absolute atomic E-state index is 12.8. The van der Waals surface area contributed by atoms with Gasteiger partial charge in [0, 0.05) is 24.5 Å². The second-order valence-corrected chi connectivity index (χ2v) is 7.18. The zero-order valence-electron chi connectivity index (χ0n) is 16.2. The van der Waals surface area contributed by atoms with E-state index in [-0.39, 0.29) is 29.4 Å². The number of hydrogen-bond acceptors (Lipinski definition) is 5. The summed E-state index contributed by atoms with van der Waals surface area (Å²) in [5.74, 6) is -2.31. The molecule has 1 amide bonds.